The molecule has 0 aliphatic rings. The molecule has 1 unspecified atom stereocenters. The van der Waals surface area contributed by atoms with Crippen LogP contribution in [-0.2, 0) is 20.7 Å². The molecule has 23 heavy (non-hydrogen) atoms. The normalized spacial score (nSPS) is 12.7. The van der Waals surface area contributed by atoms with Crippen molar-refractivity contribution in [1.29, 1.82) is 0 Å². The van der Waals surface area contributed by atoms with Crippen LogP contribution in [-0.4, -0.2) is 25.7 Å². The summed E-state index contributed by atoms with van der Waals surface area (Å²) in [6.45, 7) is 1.23. The van der Waals surface area contributed by atoms with E-state index in [-0.39, 0.29) is 5.69 Å². The lowest BCUT2D eigenvalue weighted by atomic mass is 10.1. The van der Waals surface area contributed by atoms with Crippen molar-refractivity contribution in [3.05, 3.63) is 29.8 Å². The summed E-state index contributed by atoms with van der Waals surface area (Å²) in [7, 11) is -4.34. The molecule has 0 aliphatic heterocycles. The summed E-state index contributed by atoms with van der Waals surface area (Å²) in [5.41, 5.74) is -1.33. The minimum Gasteiger partial charge on any atom is -0.465 e. The second kappa shape index (κ2) is 6.76. The Balaban J connectivity index is 3.15. The van der Waals surface area contributed by atoms with Crippen LogP contribution < -0.4 is 10.0 Å². The van der Waals surface area contributed by atoms with Crippen LogP contribution in [0.3, 0.4) is 0 Å². The van der Waals surface area contributed by atoms with Crippen LogP contribution in [0.15, 0.2) is 24.3 Å². The van der Waals surface area contributed by atoms with Gasteiger partial charge in [-0.2, -0.15) is 26.7 Å². The molecule has 1 aromatic rings. The highest BCUT2D eigenvalue weighted by Crippen LogP contribution is 2.32. The van der Waals surface area contributed by atoms with Gasteiger partial charge in [0, 0.05) is 5.69 Å². The zero-order chi connectivity index (χ0) is 17.8. The number of hydrogen-bond acceptors (Lipinski definition) is 4. The summed E-state index contributed by atoms with van der Waals surface area (Å²) < 4.78 is 63.0. The lowest BCUT2D eigenvalue weighted by Gasteiger charge is -2.23. The van der Waals surface area contributed by atoms with E-state index in [1.165, 1.54) is 6.92 Å². The molecule has 1 rings (SSSR count). The summed E-state index contributed by atoms with van der Waals surface area (Å²) in [5, 5.41) is 13.7. The molecule has 0 spiro atoms. The van der Waals surface area contributed by atoms with Crippen LogP contribution in [0.25, 0.3) is 0 Å². The van der Waals surface area contributed by atoms with E-state index in [1.54, 1.807) is 6.11 Å². The number of benzene rings is 1. The van der Waals surface area contributed by atoms with Gasteiger partial charge in [0.15, 0.2) is 0 Å². The van der Waals surface area contributed by atoms with E-state index in [9.17, 15) is 26.4 Å². The Morgan fingerprint density at radius 2 is 2.04 bits per heavy atom. The largest absolute Gasteiger partial charge is 0.465 e. The van der Waals surface area contributed by atoms with E-state index in [2.05, 4.69) is 15.2 Å². The van der Waals surface area contributed by atoms with E-state index < -0.39 is 34.2 Å². The topological polar surface area (TPSA) is 110 Å². The van der Waals surface area contributed by atoms with Gasteiger partial charge >= 0.3 is 22.6 Å². The number of halogens is 3. The molecule has 0 radical (unpaired) electrons. The van der Waals surface area contributed by atoms with Crippen LogP contribution >= 0.6 is 0 Å². The van der Waals surface area contributed by atoms with Gasteiger partial charge in [0.2, 0.25) is 0 Å². The van der Waals surface area contributed by atoms with Gasteiger partial charge in [-0.05, 0) is 31.0 Å². The van der Waals surface area contributed by atoms with E-state index in [1.807, 2.05) is 0 Å². The molecule has 0 saturated heterocycles. The summed E-state index contributed by atoms with van der Waals surface area (Å²) in [4.78, 5) is 11.8. The Kier molecular flexibility index (Phi) is 5.46. The lowest BCUT2D eigenvalue weighted by Crippen LogP contribution is -2.37. The maximum atomic E-state index is 12.7. The number of rotatable bonds is 3. The molecule has 3 N–H and O–H groups in total. The zero-order valence-electron chi connectivity index (χ0n) is 11.5. The molecule has 1 amide bonds. The van der Waals surface area contributed by atoms with Gasteiger partial charge in [-0.3, -0.25) is 4.90 Å². The highest BCUT2D eigenvalue weighted by Gasteiger charge is 2.31. The van der Waals surface area contributed by atoms with Gasteiger partial charge in [0.1, 0.15) is 12.1 Å². The van der Waals surface area contributed by atoms with Gasteiger partial charge in [0.25, 0.3) is 0 Å². The van der Waals surface area contributed by atoms with Crippen molar-refractivity contribution in [3.63, 3.8) is 0 Å². The highest BCUT2D eigenvalue weighted by molar-refractivity contribution is 7.84. The molecule has 7 nitrogen and oxygen atoms in total. The smallest absolute Gasteiger partial charge is 0.416 e. The maximum absolute atomic E-state index is 12.7. The van der Waals surface area contributed by atoms with Crippen LogP contribution in [0.2, 0.25) is 0 Å². The molecule has 11 heteroatoms. The molecule has 1 aromatic carbocycles. The highest BCUT2D eigenvalue weighted by atomic mass is 32.2. The standard InChI is InChI=1S/C12H11F3N2O5S/c1-8(5-6-22-23(16,20)21)17(11(18)19)10-4-2-3-9(7-10)12(13,14)15/h2-4,7-8H,1H3,(H,18,19)(H2,16,20,21). The first-order chi connectivity index (χ1) is 10.4. The molecule has 0 aromatic heterocycles. The number of amides is 1. The van der Waals surface area contributed by atoms with Gasteiger partial charge in [0.05, 0.1) is 5.56 Å². The van der Waals surface area contributed by atoms with Gasteiger partial charge in [-0.15, -0.1) is 0 Å². The van der Waals surface area contributed by atoms with E-state index in [0.29, 0.717) is 11.0 Å². The lowest BCUT2D eigenvalue weighted by molar-refractivity contribution is -0.137. The van der Waals surface area contributed by atoms with Gasteiger partial charge in [-0.25, -0.2) is 4.79 Å². The summed E-state index contributed by atoms with van der Waals surface area (Å²) in [6, 6.07) is 2.39. The molecular formula is C12H11F3N2O5S. The third-order valence-corrected chi connectivity index (χ3v) is 2.79. The Morgan fingerprint density at radius 3 is 2.52 bits per heavy atom. The maximum Gasteiger partial charge on any atom is 0.416 e. The van der Waals surface area contributed by atoms with E-state index >= 15 is 0 Å². The number of carbonyl (C=O) groups is 1. The average molecular weight is 352 g/mol. The summed E-state index contributed by atoms with van der Waals surface area (Å²) in [5.74, 6) is 2.11. The first kappa shape index (κ1) is 18.6. The van der Waals surface area contributed by atoms with E-state index in [4.69, 9.17) is 5.11 Å². The van der Waals surface area contributed by atoms with Crippen molar-refractivity contribution in [2.75, 3.05) is 4.90 Å². The average Bonchev–Trinajstić information content (AvgIpc) is 2.36. The minimum atomic E-state index is -4.65. The fourth-order valence-electron chi connectivity index (χ4n) is 1.56. The minimum absolute atomic E-state index is 0.287. The van der Waals surface area contributed by atoms with Crippen molar-refractivity contribution < 1.29 is 35.7 Å². The van der Waals surface area contributed by atoms with Crippen molar-refractivity contribution in [1.82, 2.24) is 0 Å². The third-order valence-electron chi connectivity index (χ3n) is 2.47. The number of carboxylic acid groups (broad SMARTS) is 1. The quantitative estimate of drug-likeness (QED) is 0.806. The van der Waals surface area contributed by atoms with Gasteiger partial charge in [-0.1, -0.05) is 6.07 Å². The fraction of sp³-hybridized carbons (Fsp3) is 0.250. The van der Waals surface area contributed by atoms with Crippen molar-refractivity contribution in [2.45, 2.75) is 19.1 Å². The van der Waals surface area contributed by atoms with Crippen LogP contribution in [0.4, 0.5) is 23.7 Å². The molecule has 1 atom stereocenters. The first-order valence-corrected chi connectivity index (χ1v) is 7.30. The van der Waals surface area contributed by atoms with Crippen LogP contribution in [0, 0.1) is 12.0 Å². The Bertz CT molecular complexity index is 752. The van der Waals surface area contributed by atoms with Crippen molar-refractivity contribution in [3.8, 4) is 12.0 Å². The predicted molar refractivity (Wildman–Crippen MR) is 73.4 cm³/mol. The number of anilines is 1. The van der Waals surface area contributed by atoms with Crippen LogP contribution in [0.5, 0.6) is 0 Å². The summed E-state index contributed by atoms with van der Waals surface area (Å²) >= 11 is 0. The zero-order valence-corrected chi connectivity index (χ0v) is 12.4. The molecule has 0 bridgehead atoms. The molecule has 0 heterocycles. The van der Waals surface area contributed by atoms with Crippen molar-refractivity contribution >= 4 is 22.1 Å². The third kappa shape index (κ3) is 5.68. The van der Waals surface area contributed by atoms with Crippen molar-refractivity contribution in [2.24, 2.45) is 5.14 Å². The number of nitrogens with zero attached hydrogens (tertiary/aromatic N) is 1. The second-order valence-corrected chi connectivity index (χ2v) is 5.35. The second-order valence-electron chi connectivity index (χ2n) is 4.20. The Hall–Kier alpha value is -2.45. The fourth-order valence-corrected chi connectivity index (χ4v) is 1.73. The molecular weight excluding hydrogens is 341 g/mol. The monoisotopic (exact) mass is 352 g/mol. The van der Waals surface area contributed by atoms with Crippen LogP contribution in [0.1, 0.15) is 12.5 Å². The van der Waals surface area contributed by atoms with Gasteiger partial charge < -0.3 is 9.29 Å². The molecule has 126 valence electrons. The predicted octanol–water partition coefficient (Wildman–Crippen LogP) is 1.76. The first-order valence-electron chi connectivity index (χ1n) is 5.83. The summed E-state index contributed by atoms with van der Waals surface area (Å²) in [6.07, 6.45) is -4.54. The number of alkyl halides is 3. The molecule has 0 saturated carbocycles. The van der Waals surface area contributed by atoms with E-state index in [0.717, 1.165) is 18.2 Å². The molecule has 0 aliphatic carbocycles. The number of hydrogen-bond donors (Lipinski definition) is 2. The SMILES string of the molecule is CC(C#COS(N)(=O)=O)N(C(=O)O)c1cccc(C(F)(F)F)c1. The Labute approximate surface area is 129 Å². The molecule has 0 fully saturated rings. The number of nitrogens with two attached hydrogens (primary N) is 1. The Morgan fingerprint density at radius 1 is 1.43 bits per heavy atom.